The maximum absolute atomic E-state index is 13.3. The summed E-state index contributed by atoms with van der Waals surface area (Å²) in [5.41, 5.74) is 0.139. The van der Waals surface area contributed by atoms with Crippen LogP contribution in [0.4, 0.5) is 8.78 Å². The number of carbonyl (C=O) groups excluding carboxylic acids is 1. The summed E-state index contributed by atoms with van der Waals surface area (Å²) in [7, 11) is 0. The largest absolute Gasteiger partial charge is 0.349 e. The van der Waals surface area contributed by atoms with Crippen molar-refractivity contribution in [3.05, 3.63) is 34.4 Å². The molecule has 2 nitrogen and oxygen atoms in total. The Kier molecular flexibility index (Phi) is 4.57. The molecule has 1 aromatic rings. The van der Waals surface area contributed by atoms with Gasteiger partial charge in [0.2, 0.25) is 0 Å². The Morgan fingerprint density at radius 2 is 1.90 bits per heavy atom. The van der Waals surface area contributed by atoms with Gasteiger partial charge in [-0.2, -0.15) is 0 Å². The van der Waals surface area contributed by atoms with Gasteiger partial charge >= 0.3 is 0 Å². The second kappa shape index (κ2) is 5.91. The van der Waals surface area contributed by atoms with Crippen molar-refractivity contribution in [2.24, 2.45) is 11.3 Å². The molecule has 2 rings (SSSR count). The number of rotatable bonds is 2. The van der Waals surface area contributed by atoms with Crippen LogP contribution in [0, 0.1) is 23.0 Å². The van der Waals surface area contributed by atoms with E-state index < -0.39 is 17.5 Å². The molecule has 1 N–H and O–H groups in total. The van der Waals surface area contributed by atoms with E-state index in [1.165, 1.54) is 0 Å². The third-order valence-electron chi connectivity index (χ3n) is 3.98. The molecule has 116 valence electrons. The summed E-state index contributed by atoms with van der Waals surface area (Å²) in [5, 5.41) is 2.82. The molecule has 1 saturated carbocycles. The fraction of sp³-hybridized carbons (Fsp3) is 0.562. The number of benzene rings is 1. The van der Waals surface area contributed by atoms with Gasteiger partial charge < -0.3 is 5.32 Å². The van der Waals surface area contributed by atoms with Gasteiger partial charge in [0.1, 0.15) is 0 Å². The molecule has 1 aliphatic rings. The molecule has 0 saturated heterocycles. The van der Waals surface area contributed by atoms with Crippen LogP contribution in [0.5, 0.6) is 0 Å². The Morgan fingerprint density at radius 3 is 2.52 bits per heavy atom. The second-order valence-electron chi connectivity index (χ2n) is 6.83. The third kappa shape index (κ3) is 3.94. The van der Waals surface area contributed by atoms with Gasteiger partial charge in [-0.05, 0) is 42.7 Å². The summed E-state index contributed by atoms with van der Waals surface area (Å²) in [6.45, 7) is 6.50. The predicted molar refractivity (Wildman–Crippen MR) is 79.4 cm³/mol. The van der Waals surface area contributed by atoms with Crippen LogP contribution in [0.3, 0.4) is 0 Å². The van der Waals surface area contributed by atoms with Gasteiger partial charge in [-0.15, -0.1) is 0 Å². The number of carbonyl (C=O) groups is 1. The van der Waals surface area contributed by atoms with E-state index in [2.05, 4.69) is 26.1 Å². The molecular weight excluding hydrogens is 296 g/mol. The predicted octanol–water partition coefficient (Wildman–Crippen LogP) is 4.56. The average Bonchev–Trinajstić information content (AvgIpc) is 2.30. The van der Waals surface area contributed by atoms with Crippen molar-refractivity contribution < 1.29 is 13.6 Å². The molecule has 1 amide bonds. The second-order valence-corrected chi connectivity index (χ2v) is 7.24. The van der Waals surface area contributed by atoms with Crippen molar-refractivity contribution in [1.82, 2.24) is 5.32 Å². The van der Waals surface area contributed by atoms with Crippen LogP contribution in [-0.2, 0) is 0 Å². The average molecular weight is 316 g/mol. The highest BCUT2D eigenvalue weighted by Gasteiger charge is 2.33. The minimum absolute atomic E-state index is 0.0217. The zero-order valence-corrected chi connectivity index (χ0v) is 13.2. The zero-order chi connectivity index (χ0) is 15.8. The summed E-state index contributed by atoms with van der Waals surface area (Å²) in [5.74, 6) is -2.06. The first-order chi connectivity index (χ1) is 9.68. The van der Waals surface area contributed by atoms with Crippen LogP contribution >= 0.6 is 11.6 Å². The van der Waals surface area contributed by atoms with Crippen LogP contribution < -0.4 is 5.32 Å². The lowest BCUT2D eigenvalue weighted by Crippen LogP contribution is -2.43. The highest BCUT2D eigenvalue weighted by molar-refractivity contribution is 6.33. The van der Waals surface area contributed by atoms with Crippen molar-refractivity contribution >= 4 is 17.5 Å². The molecule has 1 aromatic carbocycles. The number of amides is 1. The molecule has 0 aromatic heterocycles. The lowest BCUT2D eigenvalue weighted by Gasteiger charge is -2.39. The third-order valence-corrected chi connectivity index (χ3v) is 4.29. The van der Waals surface area contributed by atoms with E-state index in [9.17, 15) is 13.6 Å². The number of hydrogen-bond donors (Lipinski definition) is 1. The fourth-order valence-electron chi connectivity index (χ4n) is 3.42. The Hall–Kier alpha value is -1.16. The highest BCUT2D eigenvalue weighted by Crippen LogP contribution is 2.38. The minimum Gasteiger partial charge on any atom is -0.349 e. The van der Waals surface area contributed by atoms with Gasteiger partial charge in [0, 0.05) is 6.04 Å². The smallest absolute Gasteiger partial charge is 0.253 e. The molecule has 5 heteroatoms. The standard InChI is InChI=1S/C16H20ClF2NO/c1-9-4-10(8-16(2,3)7-9)20-15(21)11-5-13(18)14(19)6-12(11)17/h5-6,9-10H,4,7-8H2,1-3H3,(H,20,21)/t9-,10+/m1/s1. The van der Waals surface area contributed by atoms with Crippen molar-refractivity contribution in [1.29, 1.82) is 0 Å². The first-order valence-electron chi connectivity index (χ1n) is 7.13. The molecule has 0 radical (unpaired) electrons. The summed E-state index contributed by atoms with van der Waals surface area (Å²) in [6.07, 6.45) is 2.87. The molecule has 0 spiro atoms. The van der Waals surface area contributed by atoms with Crippen LogP contribution in [-0.4, -0.2) is 11.9 Å². The summed E-state index contributed by atoms with van der Waals surface area (Å²) < 4.78 is 26.3. The van der Waals surface area contributed by atoms with Crippen molar-refractivity contribution in [3.63, 3.8) is 0 Å². The van der Waals surface area contributed by atoms with E-state index in [1.54, 1.807) is 0 Å². The maximum atomic E-state index is 13.3. The Morgan fingerprint density at radius 1 is 1.29 bits per heavy atom. The lowest BCUT2D eigenvalue weighted by molar-refractivity contribution is 0.0874. The Bertz CT molecular complexity index is 559. The molecule has 0 unspecified atom stereocenters. The Balaban J connectivity index is 2.13. The van der Waals surface area contributed by atoms with Crippen molar-refractivity contribution in [2.45, 2.75) is 46.1 Å². The topological polar surface area (TPSA) is 29.1 Å². The minimum atomic E-state index is -1.07. The van der Waals surface area contributed by atoms with E-state index in [0.29, 0.717) is 5.92 Å². The van der Waals surface area contributed by atoms with Crippen molar-refractivity contribution in [2.75, 3.05) is 0 Å². The van der Waals surface area contributed by atoms with Gasteiger partial charge in [0.05, 0.1) is 10.6 Å². The number of nitrogens with one attached hydrogen (secondary N) is 1. The molecular formula is C16H20ClF2NO. The molecule has 21 heavy (non-hydrogen) atoms. The normalized spacial score (nSPS) is 24.7. The van der Waals surface area contributed by atoms with Crippen LogP contribution in [0.25, 0.3) is 0 Å². The van der Waals surface area contributed by atoms with Gasteiger partial charge in [-0.1, -0.05) is 32.4 Å². The van der Waals surface area contributed by atoms with E-state index in [1.807, 2.05) is 0 Å². The van der Waals surface area contributed by atoms with Crippen LogP contribution in [0.2, 0.25) is 5.02 Å². The SMILES string of the molecule is C[C@@H]1C[C@H](NC(=O)c2cc(F)c(F)cc2Cl)CC(C)(C)C1. The molecule has 0 bridgehead atoms. The van der Waals surface area contributed by atoms with E-state index in [4.69, 9.17) is 11.6 Å². The van der Waals surface area contributed by atoms with Gasteiger partial charge in [0.25, 0.3) is 5.91 Å². The summed E-state index contributed by atoms with van der Waals surface area (Å²) in [4.78, 5) is 12.2. The lowest BCUT2D eigenvalue weighted by atomic mass is 9.70. The number of hydrogen-bond acceptors (Lipinski definition) is 1. The first kappa shape index (κ1) is 16.2. The maximum Gasteiger partial charge on any atom is 0.253 e. The molecule has 0 heterocycles. The summed E-state index contributed by atoms with van der Waals surface area (Å²) >= 11 is 5.83. The van der Waals surface area contributed by atoms with E-state index in [-0.39, 0.29) is 22.0 Å². The molecule has 0 aliphatic heterocycles. The van der Waals surface area contributed by atoms with Gasteiger partial charge in [0.15, 0.2) is 11.6 Å². The van der Waals surface area contributed by atoms with E-state index in [0.717, 1.165) is 31.4 Å². The van der Waals surface area contributed by atoms with Crippen molar-refractivity contribution in [3.8, 4) is 0 Å². The number of halogens is 3. The molecule has 2 atom stereocenters. The first-order valence-corrected chi connectivity index (χ1v) is 7.51. The van der Waals surface area contributed by atoms with Crippen LogP contribution in [0.15, 0.2) is 12.1 Å². The highest BCUT2D eigenvalue weighted by atomic mass is 35.5. The van der Waals surface area contributed by atoms with Crippen LogP contribution in [0.1, 0.15) is 50.4 Å². The zero-order valence-electron chi connectivity index (χ0n) is 12.5. The van der Waals surface area contributed by atoms with Gasteiger partial charge in [-0.25, -0.2) is 8.78 Å². The van der Waals surface area contributed by atoms with Gasteiger partial charge in [-0.3, -0.25) is 4.79 Å². The Labute approximate surface area is 128 Å². The monoisotopic (exact) mass is 315 g/mol. The van der Waals surface area contributed by atoms with E-state index >= 15 is 0 Å². The molecule has 1 fully saturated rings. The molecule has 1 aliphatic carbocycles. The summed E-state index contributed by atoms with van der Waals surface area (Å²) in [6, 6.07) is 1.71. The fourth-order valence-corrected chi connectivity index (χ4v) is 3.65. The quantitative estimate of drug-likeness (QED) is 0.796.